The van der Waals surface area contributed by atoms with E-state index >= 15 is 0 Å². The lowest BCUT2D eigenvalue weighted by Gasteiger charge is -2.33. The quantitative estimate of drug-likeness (QED) is 0.380. The smallest absolute Gasteiger partial charge is 0.381 e. The van der Waals surface area contributed by atoms with Crippen LogP contribution in [0.1, 0.15) is 33.6 Å². The molecule has 0 aliphatic carbocycles. The van der Waals surface area contributed by atoms with Crippen molar-refractivity contribution in [2.75, 3.05) is 38.5 Å². The number of benzene rings is 1. The number of hydrogen-bond acceptors (Lipinski definition) is 6. The van der Waals surface area contributed by atoms with E-state index in [-0.39, 0.29) is 6.54 Å². The van der Waals surface area contributed by atoms with Crippen molar-refractivity contribution in [1.29, 1.82) is 0 Å². The molecule has 0 spiro atoms. The van der Waals surface area contributed by atoms with E-state index in [0.717, 1.165) is 48.4 Å². The number of aromatic amines is 1. The van der Waals surface area contributed by atoms with E-state index in [4.69, 9.17) is 0 Å². The van der Waals surface area contributed by atoms with Gasteiger partial charge >= 0.3 is 6.18 Å². The Morgan fingerprint density at radius 1 is 1.05 bits per heavy atom. The number of aryl methyl sites for hydroxylation is 1. The molecule has 5 rings (SSSR count). The van der Waals surface area contributed by atoms with Gasteiger partial charge in [-0.05, 0) is 61.4 Å². The van der Waals surface area contributed by atoms with Gasteiger partial charge in [0.25, 0.3) is 0 Å². The summed E-state index contributed by atoms with van der Waals surface area (Å²) in [7, 11) is 2.02. The predicted molar refractivity (Wildman–Crippen MR) is 140 cm³/mol. The zero-order valence-electron chi connectivity index (χ0n) is 21.2. The highest BCUT2D eigenvalue weighted by Gasteiger charge is 2.34. The van der Waals surface area contributed by atoms with E-state index in [1.165, 1.54) is 6.07 Å². The first kappa shape index (κ1) is 25.7. The van der Waals surface area contributed by atoms with E-state index in [2.05, 4.69) is 47.1 Å². The number of pyridine rings is 2. The molecule has 7 nitrogen and oxygen atoms in total. The fourth-order valence-corrected chi connectivity index (χ4v) is 4.41. The molecule has 1 aliphatic rings. The molecule has 0 radical (unpaired) electrons. The van der Waals surface area contributed by atoms with E-state index in [9.17, 15) is 13.2 Å². The Kier molecular flexibility index (Phi) is 7.31. The van der Waals surface area contributed by atoms with Crippen LogP contribution in [0.5, 0.6) is 0 Å². The van der Waals surface area contributed by atoms with Crippen LogP contribution in [-0.2, 0) is 19.3 Å². The second-order valence-electron chi connectivity index (χ2n) is 9.50. The van der Waals surface area contributed by atoms with Gasteiger partial charge in [0.15, 0.2) is 5.65 Å². The first-order valence-corrected chi connectivity index (χ1v) is 12.4. The number of alkyl halides is 3. The average Bonchev–Trinajstić information content (AvgIpc) is 3.32. The van der Waals surface area contributed by atoms with Crippen LogP contribution in [0, 0.1) is 18.8 Å². The van der Waals surface area contributed by atoms with Gasteiger partial charge in [0.05, 0.1) is 16.6 Å². The molecule has 1 saturated heterocycles. The van der Waals surface area contributed by atoms with Gasteiger partial charge in [-0.25, -0.2) is 4.98 Å². The number of aromatic nitrogens is 4. The summed E-state index contributed by atoms with van der Waals surface area (Å²) in [6, 6.07) is 10.1. The molecule has 1 aromatic carbocycles. The lowest BCUT2D eigenvalue weighted by molar-refractivity contribution is -0.138. The summed E-state index contributed by atoms with van der Waals surface area (Å²) in [6.07, 6.45) is -1.06. The minimum absolute atomic E-state index is 0.286. The molecular formula is C28H28F3N7. The molecule has 4 aromatic rings. The van der Waals surface area contributed by atoms with Crippen LogP contribution in [0.15, 0.2) is 48.8 Å². The number of nitrogens with zero attached hydrogens (tertiary/aromatic N) is 5. The lowest BCUT2D eigenvalue weighted by atomic mass is 10.0. The summed E-state index contributed by atoms with van der Waals surface area (Å²) in [5, 5.41) is 11.0. The Labute approximate surface area is 219 Å². The zero-order valence-corrected chi connectivity index (χ0v) is 21.2. The molecule has 2 N–H and O–H groups in total. The molecule has 10 heteroatoms. The topological polar surface area (TPSA) is 73.0 Å². The molecule has 0 saturated carbocycles. The Balaban J connectivity index is 1.31. The number of rotatable bonds is 5. The number of nitrogens with one attached hydrogen (secondary N) is 2. The fourth-order valence-electron chi connectivity index (χ4n) is 4.41. The maximum absolute atomic E-state index is 13.9. The fraction of sp³-hybridized carbons (Fsp3) is 0.321. The first-order valence-electron chi connectivity index (χ1n) is 12.4. The molecule has 1 aliphatic heterocycles. The SMILES string of the molecule is Cc1ncc(CNc2ccc(CN3CCN(C)CC3)c(C(F)(F)F)c2)cc1C#Cc1[nH]nc2ncccc12. The molecular weight excluding hydrogens is 491 g/mol. The summed E-state index contributed by atoms with van der Waals surface area (Å²) < 4.78 is 41.7. The molecule has 0 amide bonds. The molecule has 0 bridgehead atoms. The largest absolute Gasteiger partial charge is 0.416 e. The molecule has 196 valence electrons. The van der Waals surface area contributed by atoms with Crippen molar-refractivity contribution in [3.8, 4) is 11.8 Å². The van der Waals surface area contributed by atoms with Crippen LogP contribution in [0.25, 0.3) is 11.0 Å². The van der Waals surface area contributed by atoms with Crippen molar-refractivity contribution < 1.29 is 13.2 Å². The molecule has 4 heterocycles. The third kappa shape index (κ3) is 5.96. The number of likely N-dealkylation sites (N-methyl/N-ethyl adjacent to an activating group) is 1. The standard InChI is InChI=1S/C28H28F3N7/c1-19-21(6-8-26-24-4-3-9-32-27(24)36-35-26)14-20(16-33-19)17-34-23-7-5-22(25(15-23)28(29,30)31)18-38-12-10-37(2)11-13-38/h3-5,7,9,14-16,34H,10-13,17-18H2,1-2H3,(H,32,35,36). The highest BCUT2D eigenvalue weighted by molar-refractivity contribution is 5.80. The maximum Gasteiger partial charge on any atom is 0.416 e. The van der Waals surface area contributed by atoms with Crippen LogP contribution < -0.4 is 5.32 Å². The summed E-state index contributed by atoms with van der Waals surface area (Å²) in [5.74, 6) is 6.22. The number of fused-ring (bicyclic) bond motifs is 1. The Hall–Kier alpha value is -3.94. The third-order valence-corrected chi connectivity index (χ3v) is 6.70. The van der Waals surface area contributed by atoms with Crippen LogP contribution in [0.3, 0.4) is 0 Å². The normalized spacial score (nSPS) is 14.9. The van der Waals surface area contributed by atoms with Gasteiger partial charge in [0, 0.05) is 62.9 Å². The monoisotopic (exact) mass is 519 g/mol. The van der Waals surface area contributed by atoms with Gasteiger partial charge in [0.1, 0.15) is 5.69 Å². The Morgan fingerprint density at radius 3 is 2.66 bits per heavy atom. The molecule has 0 unspecified atom stereocenters. The molecule has 1 fully saturated rings. The molecule has 3 aromatic heterocycles. The zero-order chi connectivity index (χ0) is 26.7. The second kappa shape index (κ2) is 10.8. The van der Waals surface area contributed by atoms with E-state index < -0.39 is 11.7 Å². The van der Waals surface area contributed by atoms with Crippen molar-refractivity contribution in [3.05, 3.63) is 82.4 Å². The van der Waals surface area contributed by atoms with Gasteiger partial charge in [0.2, 0.25) is 0 Å². The van der Waals surface area contributed by atoms with Gasteiger partial charge in [-0.1, -0.05) is 12.0 Å². The van der Waals surface area contributed by atoms with Gasteiger partial charge in [-0.15, -0.1) is 0 Å². The van der Waals surface area contributed by atoms with Gasteiger partial charge in [-0.3, -0.25) is 15.0 Å². The molecule has 38 heavy (non-hydrogen) atoms. The minimum atomic E-state index is -4.43. The summed E-state index contributed by atoms with van der Waals surface area (Å²) in [6.45, 7) is 5.69. The number of anilines is 1. The van der Waals surface area contributed by atoms with Crippen molar-refractivity contribution in [3.63, 3.8) is 0 Å². The highest BCUT2D eigenvalue weighted by Crippen LogP contribution is 2.34. The van der Waals surface area contributed by atoms with E-state index in [0.29, 0.717) is 29.1 Å². The van der Waals surface area contributed by atoms with Crippen molar-refractivity contribution in [2.24, 2.45) is 0 Å². The third-order valence-electron chi connectivity index (χ3n) is 6.70. The van der Waals surface area contributed by atoms with Crippen molar-refractivity contribution in [1.82, 2.24) is 30.0 Å². The van der Waals surface area contributed by atoms with Gasteiger partial charge < -0.3 is 10.2 Å². The van der Waals surface area contributed by atoms with Crippen LogP contribution in [0.4, 0.5) is 18.9 Å². The summed E-state index contributed by atoms with van der Waals surface area (Å²) in [5.41, 5.74) is 3.66. The Morgan fingerprint density at radius 2 is 1.87 bits per heavy atom. The van der Waals surface area contributed by atoms with Crippen LogP contribution in [0.2, 0.25) is 0 Å². The summed E-state index contributed by atoms with van der Waals surface area (Å²) in [4.78, 5) is 12.9. The molecule has 0 atom stereocenters. The van der Waals surface area contributed by atoms with Crippen LogP contribution >= 0.6 is 0 Å². The lowest BCUT2D eigenvalue weighted by Crippen LogP contribution is -2.44. The number of piperazine rings is 1. The van der Waals surface area contributed by atoms with Gasteiger partial charge in [-0.2, -0.15) is 18.3 Å². The number of halogens is 3. The Bertz CT molecular complexity index is 1490. The average molecular weight is 520 g/mol. The predicted octanol–water partition coefficient (Wildman–Crippen LogP) is 4.44. The van der Waals surface area contributed by atoms with Crippen LogP contribution in [-0.4, -0.2) is 63.2 Å². The van der Waals surface area contributed by atoms with E-state index in [1.807, 2.05) is 32.2 Å². The second-order valence-corrected chi connectivity index (χ2v) is 9.50. The highest BCUT2D eigenvalue weighted by atomic mass is 19.4. The first-order chi connectivity index (χ1) is 18.3. The number of H-pyrrole nitrogens is 1. The number of hydrogen-bond donors (Lipinski definition) is 2. The van der Waals surface area contributed by atoms with Crippen molar-refractivity contribution >= 4 is 16.7 Å². The summed E-state index contributed by atoms with van der Waals surface area (Å²) >= 11 is 0. The van der Waals surface area contributed by atoms with E-state index in [1.54, 1.807) is 24.5 Å². The maximum atomic E-state index is 13.9. The van der Waals surface area contributed by atoms with Crippen molar-refractivity contribution in [2.45, 2.75) is 26.2 Å². The minimum Gasteiger partial charge on any atom is -0.381 e.